The second-order valence-electron chi connectivity index (χ2n) is 5.48. The highest BCUT2D eigenvalue weighted by Crippen LogP contribution is 2.48. The molecule has 1 aromatic heterocycles. The van der Waals surface area contributed by atoms with Crippen LogP contribution in [0.1, 0.15) is 37.0 Å². The number of isocyanates is 1. The van der Waals surface area contributed by atoms with Gasteiger partial charge in [-0.1, -0.05) is 24.4 Å². The quantitative estimate of drug-likeness (QED) is 0.619. The zero-order chi connectivity index (χ0) is 15.0. The molecule has 2 aromatic rings. The van der Waals surface area contributed by atoms with E-state index in [0.717, 1.165) is 42.4 Å². The summed E-state index contributed by atoms with van der Waals surface area (Å²) >= 11 is 6.58. The molecule has 0 aliphatic heterocycles. The van der Waals surface area contributed by atoms with Gasteiger partial charge in [0.2, 0.25) is 6.08 Å². The largest absolute Gasteiger partial charge is 0.493 e. The minimum atomic E-state index is -0.578. The lowest BCUT2D eigenvalue weighted by Gasteiger charge is -2.24. The highest BCUT2D eigenvalue weighted by molar-refractivity contribution is 6.36. The van der Waals surface area contributed by atoms with Gasteiger partial charge >= 0.3 is 0 Å². The molecule has 0 radical (unpaired) electrons. The van der Waals surface area contributed by atoms with Crippen LogP contribution in [0.25, 0.3) is 11.0 Å². The van der Waals surface area contributed by atoms with Crippen molar-refractivity contribution in [1.29, 1.82) is 0 Å². The molecule has 1 saturated carbocycles. The van der Waals surface area contributed by atoms with Gasteiger partial charge in [-0.25, -0.2) is 4.79 Å². The van der Waals surface area contributed by atoms with Crippen LogP contribution in [0.3, 0.4) is 0 Å². The van der Waals surface area contributed by atoms with Crippen LogP contribution in [0.5, 0.6) is 5.75 Å². The highest BCUT2D eigenvalue weighted by atomic mass is 35.5. The Balaban J connectivity index is 2.31. The third-order valence-electron chi connectivity index (χ3n) is 4.24. The summed E-state index contributed by atoms with van der Waals surface area (Å²) in [5.41, 5.74) is 0.882. The Labute approximate surface area is 127 Å². The van der Waals surface area contributed by atoms with E-state index in [1.165, 1.54) is 0 Å². The van der Waals surface area contributed by atoms with Gasteiger partial charge in [-0.15, -0.1) is 0 Å². The van der Waals surface area contributed by atoms with Gasteiger partial charge in [-0.05, 0) is 31.9 Å². The van der Waals surface area contributed by atoms with E-state index in [-0.39, 0.29) is 0 Å². The molecule has 5 heteroatoms. The number of ether oxygens (including phenoxy) is 1. The summed E-state index contributed by atoms with van der Waals surface area (Å²) in [5, 5.41) is 1.39. The molecule has 0 saturated heterocycles. The summed E-state index contributed by atoms with van der Waals surface area (Å²) in [6.45, 7) is 1.87. The zero-order valence-electron chi connectivity index (χ0n) is 12.0. The van der Waals surface area contributed by atoms with Crippen molar-refractivity contribution in [2.24, 2.45) is 4.99 Å². The lowest BCUT2D eigenvalue weighted by Crippen LogP contribution is -2.19. The molecule has 1 aromatic carbocycles. The van der Waals surface area contributed by atoms with Crippen LogP contribution in [0.4, 0.5) is 0 Å². The fourth-order valence-electron chi connectivity index (χ4n) is 3.24. The Morgan fingerprint density at radius 3 is 2.71 bits per heavy atom. The van der Waals surface area contributed by atoms with E-state index in [9.17, 15) is 4.79 Å². The second kappa shape index (κ2) is 5.21. The van der Waals surface area contributed by atoms with E-state index < -0.39 is 5.54 Å². The lowest BCUT2D eigenvalue weighted by atomic mass is 9.88. The van der Waals surface area contributed by atoms with Crippen LogP contribution in [-0.4, -0.2) is 13.2 Å². The van der Waals surface area contributed by atoms with E-state index in [1.807, 2.05) is 19.1 Å². The van der Waals surface area contributed by atoms with Gasteiger partial charge in [0.1, 0.15) is 5.76 Å². The number of carbonyl (C=O) groups excluding carboxylic acids is 1. The van der Waals surface area contributed by atoms with Crippen molar-refractivity contribution in [2.45, 2.75) is 38.1 Å². The first-order valence-corrected chi connectivity index (χ1v) is 7.35. The summed E-state index contributed by atoms with van der Waals surface area (Å²) in [6, 6.07) is 3.73. The molecule has 0 atom stereocenters. The fraction of sp³-hybridized carbons (Fsp3) is 0.438. The lowest BCUT2D eigenvalue weighted by molar-refractivity contribution is 0.403. The number of aryl methyl sites for hydroxylation is 1. The standard InChI is InChI=1S/C16H16ClNO3/c1-10-7-11-14(17)12(8-13(20-2)15(11)21-10)16(18-9-19)5-3-4-6-16/h7-8H,3-6H2,1-2H3. The Morgan fingerprint density at radius 2 is 2.10 bits per heavy atom. The van der Waals surface area contributed by atoms with Gasteiger partial charge in [0.25, 0.3) is 0 Å². The molecule has 1 heterocycles. The van der Waals surface area contributed by atoms with Crippen molar-refractivity contribution in [2.75, 3.05) is 7.11 Å². The van der Waals surface area contributed by atoms with Gasteiger partial charge in [-0.3, -0.25) is 0 Å². The number of fused-ring (bicyclic) bond motifs is 1. The monoisotopic (exact) mass is 305 g/mol. The molecule has 1 fully saturated rings. The number of methoxy groups -OCH3 is 1. The number of hydrogen-bond acceptors (Lipinski definition) is 4. The van der Waals surface area contributed by atoms with Gasteiger partial charge in [-0.2, -0.15) is 4.99 Å². The first-order chi connectivity index (χ1) is 10.1. The Kier molecular flexibility index (Phi) is 3.52. The Morgan fingerprint density at radius 1 is 1.38 bits per heavy atom. The van der Waals surface area contributed by atoms with Crippen molar-refractivity contribution in [1.82, 2.24) is 0 Å². The minimum absolute atomic E-state index is 0.578. The summed E-state index contributed by atoms with van der Waals surface area (Å²) in [4.78, 5) is 15.0. The van der Waals surface area contributed by atoms with Crippen LogP contribution < -0.4 is 4.74 Å². The number of rotatable bonds is 3. The number of furan rings is 1. The maximum absolute atomic E-state index is 10.9. The molecule has 21 heavy (non-hydrogen) atoms. The summed E-state index contributed by atoms with van der Waals surface area (Å²) in [7, 11) is 1.59. The molecule has 0 amide bonds. The van der Waals surface area contributed by atoms with Crippen LogP contribution >= 0.6 is 11.6 Å². The molecule has 0 spiro atoms. The Hall–Kier alpha value is -1.77. The molecular formula is C16H16ClNO3. The number of aliphatic imine (C=N–C) groups is 1. The molecule has 0 bridgehead atoms. The maximum atomic E-state index is 10.9. The number of hydrogen-bond donors (Lipinski definition) is 0. The molecule has 1 aliphatic carbocycles. The second-order valence-corrected chi connectivity index (χ2v) is 5.86. The maximum Gasteiger partial charge on any atom is 0.235 e. The van der Waals surface area contributed by atoms with Gasteiger partial charge in [0, 0.05) is 10.9 Å². The van der Waals surface area contributed by atoms with E-state index in [1.54, 1.807) is 13.2 Å². The van der Waals surface area contributed by atoms with Crippen LogP contribution in [0, 0.1) is 6.92 Å². The Bertz CT molecular complexity index is 738. The van der Waals surface area contributed by atoms with E-state index >= 15 is 0 Å². The smallest absolute Gasteiger partial charge is 0.235 e. The molecule has 4 nitrogen and oxygen atoms in total. The number of nitrogens with zero attached hydrogens (tertiary/aromatic N) is 1. The van der Waals surface area contributed by atoms with E-state index in [4.69, 9.17) is 20.8 Å². The first-order valence-electron chi connectivity index (χ1n) is 6.97. The molecule has 1 aliphatic rings. The third kappa shape index (κ3) is 2.15. The molecule has 110 valence electrons. The normalized spacial score (nSPS) is 16.9. The predicted molar refractivity (Wildman–Crippen MR) is 80.8 cm³/mol. The van der Waals surface area contributed by atoms with Gasteiger partial charge < -0.3 is 9.15 Å². The van der Waals surface area contributed by atoms with Crippen LogP contribution in [0.2, 0.25) is 5.02 Å². The van der Waals surface area contributed by atoms with Crippen LogP contribution in [-0.2, 0) is 10.3 Å². The van der Waals surface area contributed by atoms with E-state index in [2.05, 4.69) is 4.99 Å². The third-order valence-corrected chi connectivity index (χ3v) is 4.65. The number of halogens is 1. The van der Waals surface area contributed by atoms with Crippen molar-refractivity contribution in [3.05, 3.63) is 28.5 Å². The topological polar surface area (TPSA) is 51.8 Å². The van der Waals surface area contributed by atoms with Crippen LogP contribution in [0.15, 0.2) is 21.5 Å². The van der Waals surface area contributed by atoms with Crippen molar-refractivity contribution in [3.8, 4) is 5.75 Å². The fourth-order valence-corrected chi connectivity index (χ4v) is 3.62. The van der Waals surface area contributed by atoms with Gasteiger partial charge in [0.05, 0.1) is 17.7 Å². The predicted octanol–water partition coefficient (Wildman–Crippen LogP) is 4.51. The minimum Gasteiger partial charge on any atom is -0.493 e. The number of benzene rings is 1. The van der Waals surface area contributed by atoms with Gasteiger partial charge in [0.15, 0.2) is 11.3 Å². The molecule has 0 N–H and O–H groups in total. The molecule has 0 unspecified atom stereocenters. The first kappa shape index (κ1) is 14.2. The van der Waals surface area contributed by atoms with Crippen molar-refractivity contribution < 1.29 is 13.9 Å². The van der Waals surface area contributed by atoms with E-state index in [0.29, 0.717) is 16.4 Å². The highest BCUT2D eigenvalue weighted by Gasteiger charge is 2.38. The summed E-state index contributed by atoms with van der Waals surface area (Å²) < 4.78 is 11.1. The summed E-state index contributed by atoms with van der Waals surface area (Å²) in [5.74, 6) is 1.38. The SMILES string of the molecule is COc1cc(C2(N=C=O)CCCC2)c(Cl)c2cc(C)oc12. The molecular weight excluding hydrogens is 290 g/mol. The summed E-state index contributed by atoms with van der Waals surface area (Å²) in [6.07, 6.45) is 5.36. The zero-order valence-corrected chi connectivity index (χ0v) is 12.8. The van der Waals surface area contributed by atoms with Crippen molar-refractivity contribution in [3.63, 3.8) is 0 Å². The van der Waals surface area contributed by atoms with Crippen molar-refractivity contribution >= 4 is 28.7 Å². The average molecular weight is 306 g/mol. The molecule has 3 rings (SSSR count). The average Bonchev–Trinajstić information content (AvgIpc) is 3.07.